The van der Waals surface area contributed by atoms with Crippen LogP contribution >= 0.6 is 0 Å². The minimum Gasteiger partial charge on any atom is -0.465 e. The van der Waals surface area contributed by atoms with E-state index in [-0.39, 0.29) is 0 Å². The Morgan fingerprint density at radius 2 is 2.40 bits per heavy atom. The van der Waals surface area contributed by atoms with Gasteiger partial charge in [0.2, 0.25) is 0 Å². The summed E-state index contributed by atoms with van der Waals surface area (Å²) in [5, 5.41) is 9.09. The highest BCUT2D eigenvalue weighted by molar-refractivity contribution is 5.09. The van der Waals surface area contributed by atoms with E-state index in [1.807, 2.05) is 19.1 Å². The summed E-state index contributed by atoms with van der Waals surface area (Å²) in [6.07, 6.45) is 1.10. The molecule has 1 aromatic rings. The molecule has 0 amide bonds. The van der Waals surface area contributed by atoms with Crippen LogP contribution in [0, 0.1) is 12.8 Å². The fraction of sp³-hybridized carbons (Fsp3) is 0.667. The van der Waals surface area contributed by atoms with Gasteiger partial charge in [-0.1, -0.05) is 0 Å². The maximum atomic E-state index is 9.09. The largest absolute Gasteiger partial charge is 0.465 e. The Morgan fingerprint density at radius 3 is 2.93 bits per heavy atom. The Morgan fingerprint density at radius 1 is 1.60 bits per heavy atom. The monoisotopic (exact) mass is 209 g/mol. The lowest BCUT2D eigenvalue weighted by Crippen LogP contribution is -2.24. The molecular formula is C12H19NO2. The van der Waals surface area contributed by atoms with Crippen molar-refractivity contribution in [1.82, 2.24) is 4.90 Å². The number of hydrogen-bond donors (Lipinski definition) is 1. The van der Waals surface area contributed by atoms with Crippen LogP contribution in [0.1, 0.15) is 30.9 Å². The molecule has 0 radical (unpaired) electrons. The molecule has 3 heteroatoms. The Labute approximate surface area is 90.7 Å². The van der Waals surface area contributed by atoms with Crippen molar-refractivity contribution in [2.45, 2.75) is 26.3 Å². The maximum absolute atomic E-state index is 9.09. The molecule has 15 heavy (non-hydrogen) atoms. The molecule has 2 unspecified atom stereocenters. The van der Waals surface area contributed by atoms with Crippen LogP contribution in [0.25, 0.3) is 0 Å². The average molecular weight is 209 g/mol. The van der Waals surface area contributed by atoms with Gasteiger partial charge in [-0.15, -0.1) is 0 Å². The van der Waals surface area contributed by atoms with Crippen LogP contribution in [-0.2, 0) is 0 Å². The lowest BCUT2D eigenvalue weighted by Gasteiger charge is -2.22. The van der Waals surface area contributed by atoms with Crippen molar-refractivity contribution in [3.8, 4) is 0 Å². The number of rotatable bonds is 3. The molecule has 0 bridgehead atoms. The van der Waals surface area contributed by atoms with Gasteiger partial charge >= 0.3 is 0 Å². The van der Waals surface area contributed by atoms with E-state index in [0.717, 1.165) is 31.0 Å². The zero-order valence-corrected chi connectivity index (χ0v) is 9.44. The molecule has 1 N–H and O–H groups in total. The molecule has 1 fully saturated rings. The predicted molar refractivity (Wildman–Crippen MR) is 58.6 cm³/mol. The van der Waals surface area contributed by atoms with Gasteiger partial charge < -0.3 is 9.52 Å². The normalized spacial score (nSPS) is 24.6. The summed E-state index contributed by atoms with van der Waals surface area (Å²) in [5.41, 5.74) is 0. The first-order valence-corrected chi connectivity index (χ1v) is 5.62. The van der Waals surface area contributed by atoms with E-state index in [1.165, 1.54) is 0 Å². The number of hydrogen-bond acceptors (Lipinski definition) is 3. The third-order valence-corrected chi connectivity index (χ3v) is 3.30. The van der Waals surface area contributed by atoms with Crippen molar-refractivity contribution >= 4 is 0 Å². The van der Waals surface area contributed by atoms with E-state index in [4.69, 9.17) is 9.52 Å². The molecule has 3 nitrogen and oxygen atoms in total. The van der Waals surface area contributed by atoms with Gasteiger partial charge in [-0.2, -0.15) is 0 Å². The third-order valence-electron chi connectivity index (χ3n) is 3.30. The lowest BCUT2D eigenvalue weighted by molar-refractivity contribution is 0.192. The van der Waals surface area contributed by atoms with Crippen LogP contribution in [0.15, 0.2) is 16.5 Å². The Balaban J connectivity index is 2.00. The molecule has 0 spiro atoms. The predicted octanol–water partition coefficient (Wildman–Crippen LogP) is 1.96. The molecule has 0 aliphatic carbocycles. The number of likely N-dealkylation sites (tertiary alicyclic amines) is 1. The first-order valence-electron chi connectivity index (χ1n) is 5.62. The van der Waals surface area contributed by atoms with Crippen molar-refractivity contribution in [2.24, 2.45) is 5.92 Å². The second-order valence-electron chi connectivity index (χ2n) is 4.46. The quantitative estimate of drug-likeness (QED) is 0.826. The molecule has 0 saturated carbocycles. The van der Waals surface area contributed by atoms with E-state index < -0.39 is 0 Å². The van der Waals surface area contributed by atoms with Gasteiger partial charge in [-0.3, -0.25) is 4.90 Å². The fourth-order valence-corrected chi connectivity index (χ4v) is 2.22. The summed E-state index contributed by atoms with van der Waals surface area (Å²) in [7, 11) is 0. The van der Waals surface area contributed by atoms with Crippen molar-refractivity contribution in [1.29, 1.82) is 0 Å². The summed E-state index contributed by atoms with van der Waals surface area (Å²) in [6, 6.07) is 4.38. The first-order chi connectivity index (χ1) is 7.20. The van der Waals surface area contributed by atoms with E-state index >= 15 is 0 Å². The van der Waals surface area contributed by atoms with Gasteiger partial charge in [-0.05, 0) is 44.9 Å². The molecule has 1 aliphatic rings. The van der Waals surface area contributed by atoms with Crippen molar-refractivity contribution in [2.75, 3.05) is 19.7 Å². The lowest BCUT2D eigenvalue weighted by atomic mass is 10.1. The van der Waals surface area contributed by atoms with Crippen LogP contribution in [0.4, 0.5) is 0 Å². The van der Waals surface area contributed by atoms with Gasteiger partial charge in [0, 0.05) is 13.2 Å². The highest BCUT2D eigenvalue weighted by Gasteiger charge is 2.27. The summed E-state index contributed by atoms with van der Waals surface area (Å²) in [6.45, 7) is 6.48. The van der Waals surface area contributed by atoms with Crippen LogP contribution in [0.3, 0.4) is 0 Å². The van der Waals surface area contributed by atoms with Crippen LogP contribution < -0.4 is 0 Å². The van der Waals surface area contributed by atoms with E-state index in [2.05, 4.69) is 11.8 Å². The van der Waals surface area contributed by atoms with Gasteiger partial charge in [-0.25, -0.2) is 0 Å². The molecule has 2 heterocycles. The molecule has 1 saturated heterocycles. The number of aliphatic hydroxyl groups is 1. The highest BCUT2D eigenvalue weighted by atomic mass is 16.3. The van der Waals surface area contributed by atoms with Gasteiger partial charge in [0.05, 0.1) is 6.04 Å². The fourth-order valence-electron chi connectivity index (χ4n) is 2.22. The second kappa shape index (κ2) is 4.37. The molecule has 1 aromatic heterocycles. The zero-order chi connectivity index (χ0) is 10.8. The van der Waals surface area contributed by atoms with Crippen molar-refractivity contribution < 1.29 is 9.52 Å². The van der Waals surface area contributed by atoms with E-state index in [1.54, 1.807) is 0 Å². The standard InChI is InChI=1S/C12H19NO2/c1-9-3-4-12(15-9)10(2)13-6-5-11(7-13)8-14/h3-4,10-11,14H,5-8H2,1-2H3. The molecule has 0 aromatic carbocycles. The molecule has 2 atom stereocenters. The average Bonchev–Trinajstić information content (AvgIpc) is 2.84. The molecule has 1 aliphatic heterocycles. The summed E-state index contributed by atoms with van der Waals surface area (Å²) in [5.74, 6) is 2.45. The van der Waals surface area contributed by atoms with Gasteiger partial charge in [0.1, 0.15) is 11.5 Å². The Hall–Kier alpha value is -0.800. The maximum Gasteiger partial charge on any atom is 0.121 e. The van der Waals surface area contributed by atoms with Gasteiger partial charge in [0.15, 0.2) is 0 Å². The topological polar surface area (TPSA) is 36.6 Å². The molecule has 84 valence electrons. The zero-order valence-electron chi connectivity index (χ0n) is 9.44. The number of aliphatic hydroxyl groups excluding tert-OH is 1. The molecular weight excluding hydrogens is 190 g/mol. The van der Waals surface area contributed by atoms with Crippen LogP contribution in [0.5, 0.6) is 0 Å². The van der Waals surface area contributed by atoms with Crippen molar-refractivity contribution in [3.05, 3.63) is 23.7 Å². The Kier molecular flexibility index (Phi) is 3.12. The molecule has 2 rings (SSSR count). The van der Waals surface area contributed by atoms with Crippen LogP contribution in [-0.4, -0.2) is 29.7 Å². The van der Waals surface area contributed by atoms with E-state index in [0.29, 0.717) is 18.6 Å². The van der Waals surface area contributed by atoms with Gasteiger partial charge in [0.25, 0.3) is 0 Å². The minimum absolute atomic E-state index is 0.306. The second-order valence-corrected chi connectivity index (χ2v) is 4.46. The van der Waals surface area contributed by atoms with Crippen LogP contribution in [0.2, 0.25) is 0 Å². The number of nitrogens with zero attached hydrogens (tertiary/aromatic N) is 1. The number of aryl methyl sites for hydroxylation is 1. The third kappa shape index (κ3) is 2.24. The summed E-state index contributed by atoms with van der Waals surface area (Å²) in [4.78, 5) is 2.37. The summed E-state index contributed by atoms with van der Waals surface area (Å²) >= 11 is 0. The Bertz CT molecular complexity index is 321. The first kappa shape index (κ1) is 10.7. The SMILES string of the molecule is Cc1ccc(C(C)N2CCC(CO)C2)o1. The highest BCUT2D eigenvalue weighted by Crippen LogP contribution is 2.27. The minimum atomic E-state index is 0.306. The van der Waals surface area contributed by atoms with E-state index in [9.17, 15) is 0 Å². The smallest absolute Gasteiger partial charge is 0.121 e. The number of furan rings is 1. The van der Waals surface area contributed by atoms with Crippen molar-refractivity contribution in [3.63, 3.8) is 0 Å². The summed E-state index contributed by atoms with van der Waals surface area (Å²) < 4.78 is 5.62.